The minimum atomic E-state index is -0.565. The lowest BCUT2D eigenvalue weighted by molar-refractivity contribution is -0.123. The number of carbonyl (C=O) groups excluding carboxylic acids is 1. The van der Waals surface area contributed by atoms with Gasteiger partial charge in [0.2, 0.25) is 5.91 Å². The third kappa shape index (κ3) is 3.05. The smallest absolute Gasteiger partial charge is 0.291 e. The molecule has 1 unspecified atom stereocenters. The molecular formula is C21H19ClN4O2. The Balaban J connectivity index is 1.74. The van der Waals surface area contributed by atoms with E-state index in [-0.39, 0.29) is 11.5 Å². The van der Waals surface area contributed by atoms with Gasteiger partial charge >= 0.3 is 0 Å². The molecule has 1 atom stereocenters. The van der Waals surface area contributed by atoms with Gasteiger partial charge in [0.05, 0.1) is 11.7 Å². The lowest BCUT2D eigenvalue weighted by Gasteiger charge is -2.16. The van der Waals surface area contributed by atoms with E-state index in [9.17, 15) is 9.59 Å². The van der Waals surface area contributed by atoms with Gasteiger partial charge in [-0.05, 0) is 30.7 Å². The quantitative estimate of drug-likeness (QED) is 0.576. The maximum atomic E-state index is 12.9. The first kappa shape index (κ1) is 18.3. The molecule has 6 nitrogen and oxygen atoms in total. The number of hydrogen-bond acceptors (Lipinski definition) is 3. The molecule has 7 heteroatoms. The van der Waals surface area contributed by atoms with Gasteiger partial charge in [-0.1, -0.05) is 41.9 Å². The Morgan fingerprint density at radius 3 is 2.61 bits per heavy atom. The van der Waals surface area contributed by atoms with Crippen LogP contribution in [0.5, 0.6) is 0 Å². The summed E-state index contributed by atoms with van der Waals surface area (Å²) in [6, 6.07) is 14.4. The van der Waals surface area contributed by atoms with Crippen LogP contribution in [0.25, 0.3) is 21.8 Å². The zero-order valence-corrected chi connectivity index (χ0v) is 16.3. The van der Waals surface area contributed by atoms with Crippen molar-refractivity contribution in [2.75, 3.05) is 0 Å². The van der Waals surface area contributed by atoms with E-state index in [1.54, 1.807) is 36.9 Å². The Bertz CT molecular complexity index is 1240. The number of nitrogens with one attached hydrogen (secondary N) is 1. The molecular weight excluding hydrogens is 376 g/mol. The number of halogens is 1. The topological polar surface area (TPSA) is 68.9 Å². The zero-order valence-electron chi connectivity index (χ0n) is 15.5. The molecule has 0 saturated heterocycles. The number of aromatic nitrogens is 3. The summed E-state index contributed by atoms with van der Waals surface area (Å²) >= 11 is 5.90. The van der Waals surface area contributed by atoms with E-state index in [2.05, 4.69) is 10.4 Å². The highest BCUT2D eigenvalue weighted by atomic mass is 35.5. The molecule has 142 valence electrons. The first-order valence-corrected chi connectivity index (χ1v) is 9.32. The normalized spacial score (nSPS) is 12.4. The summed E-state index contributed by atoms with van der Waals surface area (Å²) in [5.41, 5.74) is 2.03. The average Bonchev–Trinajstić information content (AvgIpc) is 3.04. The molecule has 4 aromatic rings. The maximum Gasteiger partial charge on any atom is 0.291 e. The second-order valence-electron chi connectivity index (χ2n) is 6.74. The largest absolute Gasteiger partial charge is 0.350 e. The van der Waals surface area contributed by atoms with Crippen molar-refractivity contribution in [1.82, 2.24) is 19.7 Å². The van der Waals surface area contributed by atoms with Crippen LogP contribution in [-0.2, 0) is 18.4 Å². The van der Waals surface area contributed by atoms with Gasteiger partial charge in [0, 0.05) is 29.4 Å². The van der Waals surface area contributed by atoms with Crippen LogP contribution in [0.15, 0.2) is 59.5 Å². The minimum Gasteiger partial charge on any atom is -0.350 e. The van der Waals surface area contributed by atoms with E-state index >= 15 is 0 Å². The fraction of sp³-hybridized carbons (Fsp3) is 0.190. The number of fused-ring (bicyclic) bond motifs is 3. The van der Waals surface area contributed by atoms with E-state index < -0.39 is 6.04 Å². The number of hydrogen-bond donors (Lipinski definition) is 1. The molecule has 0 bridgehead atoms. The average molecular weight is 395 g/mol. The first-order valence-electron chi connectivity index (χ1n) is 8.94. The molecule has 2 heterocycles. The molecule has 0 fully saturated rings. The van der Waals surface area contributed by atoms with Gasteiger partial charge in [0.15, 0.2) is 0 Å². The lowest BCUT2D eigenvalue weighted by Crippen LogP contribution is -2.32. The van der Waals surface area contributed by atoms with Gasteiger partial charge in [-0.15, -0.1) is 0 Å². The summed E-state index contributed by atoms with van der Waals surface area (Å²) in [5.74, 6) is -0.170. The second-order valence-corrected chi connectivity index (χ2v) is 7.18. The zero-order chi connectivity index (χ0) is 19.8. The molecule has 4 rings (SSSR count). The Labute approximate surface area is 166 Å². The molecule has 1 N–H and O–H groups in total. The summed E-state index contributed by atoms with van der Waals surface area (Å²) in [6.45, 7) is 2.18. The van der Waals surface area contributed by atoms with Crippen LogP contribution in [0, 0.1) is 0 Å². The molecule has 28 heavy (non-hydrogen) atoms. The Kier molecular flexibility index (Phi) is 4.65. The molecule has 0 aliphatic heterocycles. The highest BCUT2D eigenvalue weighted by Gasteiger charge is 2.23. The van der Waals surface area contributed by atoms with Gasteiger partial charge in [0.1, 0.15) is 11.6 Å². The summed E-state index contributed by atoms with van der Waals surface area (Å²) in [6.07, 6.45) is 1.67. The van der Waals surface area contributed by atoms with Crippen LogP contribution in [0.2, 0.25) is 5.02 Å². The SMILES string of the molecule is CC(C(=O)NCc1ccc(Cl)cc1)n1c2ccccc2c2cnn(C)c(=O)c21. The number of rotatable bonds is 4. The van der Waals surface area contributed by atoms with E-state index in [1.807, 2.05) is 36.4 Å². The van der Waals surface area contributed by atoms with E-state index in [0.29, 0.717) is 17.1 Å². The lowest BCUT2D eigenvalue weighted by atomic mass is 10.2. The molecule has 0 saturated carbocycles. The summed E-state index contributed by atoms with van der Waals surface area (Å²) in [7, 11) is 1.61. The number of aryl methyl sites for hydroxylation is 1. The third-order valence-corrected chi connectivity index (χ3v) is 5.21. The standard InChI is InChI=1S/C21H19ClN4O2/c1-13(20(27)23-11-14-7-9-15(22)10-8-14)26-18-6-4-3-5-16(18)17-12-24-25(2)21(28)19(17)26/h3-10,12-13H,11H2,1-2H3,(H,23,27). The summed E-state index contributed by atoms with van der Waals surface area (Å²) in [4.78, 5) is 25.7. The van der Waals surface area contributed by atoms with Gasteiger partial charge in [-0.2, -0.15) is 5.10 Å². The van der Waals surface area contributed by atoms with Gasteiger partial charge in [-0.25, -0.2) is 4.68 Å². The van der Waals surface area contributed by atoms with Crippen molar-refractivity contribution >= 4 is 39.3 Å². The number of carbonyl (C=O) groups is 1. The predicted molar refractivity (Wildman–Crippen MR) is 110 cm³/mol. The van der Waals surface area contributed by atoms with Crippen LogP contribution >= 0.6 is 11.6 Å². The maximum absolute atomic E-state index is 12.9. The van der Waals surface area contributed by atoms with Gasteiger partial charge in [-0.3, -0.25) is 9.59 Å². The van der Waals surface area contributed by atoms with Crippen molar-refractivity contribution in [2.45, 2.75) is 19.5 Å². The van der Waals surface area contributed by atoms with Crippen molar-refractivity contribution < 1.29 is 4.79 Å². The fourth-order valence-electron chi connectivity index (χ4n) is 3.45. The van der Waals surface area contributed by atoms with Crippen molar-refractivity contribution in [1.29, 1.82) is 0 Å². The molecule has 1 amide bonds. The first-order chi connectivity index (χ1) is 13.5. The molecule has 2 aromatic heterocycles. The third-order valence-electron chi connectivity index (χ3n) is 4.95. The monoisotopic (exact) mass is 394 g/mol. The number of nitrogens with zero attached hydrogens (tertiary/aromatic N) is 3. The van der Waals surface area contributed by atoms with Gasteiger partial charge in [0.25, 0.3) is 5.56 Å². The molecule has 0 radical (unpaired) electrons. The van der Waals surface area contributed by atoms with Crippen LogP contribution in [0.3, 0.4) is 0 Å². The van der Waals surface area contributed by atoms with Crippen LogP contribution < -0.4 is 10.9 Å². The molecule has 2 aromatic carbocycles. The van der Waals surface area contributed by atoms with E-state index in [0.717, 1.165) is 21.9 Å². The second kappa shape index (κ2) is 7.13. The molecule has 0 aliphatic rings. The Morgan fingerprint density at radius 1 is 1.14 bits per heavy atom. The Hall–Kier alpha value is -3.12. The van der Waals surface area contributed by atoms with E-state index in [4.69, 9.17) is 11.6 Å². The summed E-state index contributed by atoms with van der Waals surface area (Å²) < 4.78 is 3.09. The predicted octanol–water partition coefficient (Wildman–Crippen LogP) is 3.42. The Morgan fingerprint density at radius 2 is 1.86 bits per heavy atom. The van der Waals surface area contributed by atoms with Crippen molar-refractivity contribution in [3.8, 4) is 0 Å². The van der Waals surface area contributed by atoms with Crippen LogP contribution in [0.1, 0.15) is 18.5 Å². The fourth-order valence-corrected chi connectivity index (χ4v) is 3.57. The van der Waals surface area contributed by atoms with Crippen molar-refractivity contribution in [3.63, 3.8) is 0 Å². The minimum absolute atomic E-state index is 0.170. The van der Waals surface area contributed by atoms with Crippen LogP contribution in [-0.4, -0.2) is 20.3 Å². The van der Waals surface area contributed by atoms with E-state index in [1.165, 1.54) is 4.68 Å². The van der Waals surface area contributed by atoms with Crippen LogP contribution in [0.4, 0.5) is 0 Å². The number of para-hydroxylation sites is 1. The highest BCUT2D eigenvalue weighted by molar-refractivity contribution is 6.30. The number of amides is 1. The van der Waals surface area contributed by atoms with Gasteiger partial charge < -0.3 is 9.88 Å². The molecule has 0 spiro atoms. The highest BCUT2D eigenvalue weighted by Crippen LogP contribution is 2.29. The van der Waals surface area contributed by atoms with Crippen molar-refractivity contribution in [3.05, 3.63) is 75.7 Å². The summed E-state index contributed by atoms with van der Waals surface area (Å²) in [5, 5.41) is 9.38. The molecule has 0 aliphatic carbocycles. The van der Waals surface area contributed by atoms with Crippen molar-refractivity contribution in [2.24, 2.45) is 7.05 Å². The number of benzene rings is 2.